The van der Waals surface area contributed by atoms with E-state index in [9.17, 15) is 4.79 Å². The number of amides is 1. The van der Waals surface area contributed by atoms with E-state index in [2.05, 4.69) is 11.8 Å². The van der Waals surface area contributed by atoms with Gasteiger partial charge >= 0.3 is 0 Å². The van der Waals surface area contributed by atoms with E-state index in [1.54, 1.807) is 6.07 Å². The number of halogens is 2. The van der Waals surface area contributed by atoms with Crippen molar-refractivity contribution in [2.24, 2.45) is 0 Å². The number of benzene rings is 1. The summed E-state index contributed by atoms with van der Waals surface area (Å²) in [6, 6.07) is 5.52. The minimum Gasteiger partial charge on any atom is -0.399 e. The largest absolute Gasteiger partial charge is 0.399 e. The second kappa shape index (κ2) is 8.35. The third kappa shape index (κ3) is 4.27. The first-order chi connectivity index (χ1) is 8.61. The first-order valence-corrected chi connectivity index (χ1v) is 6.49. The fraction of sp³-hybridized carbons (Fsp3) is 0.500. The van der Waals surface area contributed by atoms with Gasteiger partial charge in [-0.05, 0) is 31.2 Å². The average Bonchev–Trinajstić information content (AvgIpc) is 2.41. The highest BCUT2D eigenvalue weighted by molar-refractivity contribution is 5.96. The van der Waals surface area contributed by atoms with Crippen LogP contribution in [-0.2, 0) is 0 Å². The van der Waals surface area contributed by atoms with Gasteiger partial charge < -0.3 is 15.5 Å². The molecule has 4 nitrogen and oxygen atoms in total. The van der Waals surface area contributed by atoms with Gasteiger partial charge in [-0.1, -0.05) is 13.0 Å². The number of nitrogen functional groups attached to an aromatic ring is 1. The number of nitrogens with zero attached hydrogens (tertiary/aromatic N) is 2. The molecule has 0 aliphatic carbocycles. The van der Waals surface area contributed by atoms with Gasteiger partial charge in [-0.3, -0.25) is 4.79 Å². The maximum absolute atomic E-state index is 12.4. The quantitative estimate of drug-likeness (QED) is 0.850. The van der Waals surface area contributed by atoms with E-state index in [-0.39, 0.29) is 30.7 Å². The number of carbonyl (C=O) groups is 1. The predicted molar refractivity (Wildman–Crippen MR) is 88.1 cm³/mol. The van der Waals surface area contributed by atoms with Crippen LogP contribution in [0.2, 0.25) is 0 Å². The molecule has 0 unspecified atom stereocenters. The van der Waals surface area contributed by atoms with Gasteiger partial charge in [-0.25, -0.2) is 0 Å². The molecule has 0 spiro atoms. The monoisotopic (exact) mass is 319 g/mol. The number of piperazine rings is 1. The summed E-state index contributed by atoms with van der Waals surface area (Å²) < 4.78 is 0. The van der Waals surface area contributed by atoms with Crippen molar-refractivity contribution in [2.45, 2.75) is 13.8 Å². The Morgan fingerprint density at radius 3 is 2.35 bits per heavy atom. The third-order valence-electron chi connectivity index (χ3n) is 3.60. The summed E-state index contributed by atoms with van der Waals surface area (Å²) in [6.07, 6.45) is 0. The van der Waals surface area contributed by atoms with Crippen LogP contribution in [0.15, 0.2) is 18.2 Å². The van der Waals surface area contributed by atoms with Crippen LogP contribution in [0.4, 0.5) is 5.69 Å². The van der Waals surface area contributed by atoms with Gasteiger partial charge in [0, 0.05) is 37.4 Å². The molecule has 6 heteroatoms. The Labute approximate surface area is 133 Å². The van der Waals surface area contributed by atoms with Crippen molar-refractivity contribution in [3.63, 3.8) is 0 Å². The van der Waals surface area contributed by atoms with Gasteiger partial charge in [0.15, 0.2) is 0 Å². The maximum atomic E-state index is 12.4. The zero-order valence-corrected chi connectivity index (χ0v) is 13.6. The van der Waals surface area contributed by atoms with Crippen molar-refractivity contribution in [1.82, 2.24) is 9.80 Å². The maximum Gasteiger partial charge on any atom is 0.254 e. The molecule has 0 bridgehead atoms. The fourth-order valence-corrected chi connectivity index (χ4v) is 2.31. The molecular weight excluding hydrogens is 297 g/mol. The van der Waals surface area contributed by atoms with Crippen molar-refractivity contribution in [2.75, 3.05) is 38.5 Å². The van der Waals surface area contributed by atoms with Gasteiger partial charge in [0.05, 0.1) is 0 Å². The van der Waals surface area contributed by atoms with E-state index < -0.39 is 0 Å². The van der Waals surface area contributed by atoms with Crippen LogP contribution < -0.4 is 5.73 Å². The van der Waals surface area contributed by atoms with Gasteiger partial charge in [0.25, 0.3) is 5.91 Å². The number of nitrogens with two attached hydrogens (primary N) is 1. The molecule has 1 amide bonds. The van der Waals surface area contributed by atoms with Crippen molar-refractivity contribution in [3.8, 4) is 0 Å². The zero-order chi connectivity index (χ0) is 13.1. The zero-order valence-electron chi connectivity index (χ0n) is 12.0. The molecule has 1 aromatic rings. The lowest BCUT2D eigenvalue weighted by molar-refractivity contribution is 0.0642. The number of anilines is 1. The van der Waals surface area contributed by atoms with E-state index in [1.165, 1.54) is 0 Å². The molecule has 114 valence electrons. The number of hydrogen-bond acceptors (Lipinski definition) is 3. The van der Waals surface area contributed by atoms with Crippen LogP contribution in [-0.4, -0.2) is 48.4 Å². The SMILES string of the molecule is CCN1CCN(C(=O)c2cc(N)ccc2C)CC1.Cl.Cl. The molecule has 20 heavy (non-hydrogen) atoms. The molecule has 1 aliphatic rings. The topological polar surface area (TPSA) is 49.6 Å². The summed E-state index contributed by atoms with van der Waals surface area (Å²) in [7, 11) is 0. The van der Waals surface area contributed by atoms with Crippen LogP contribution in [0.5, 0.6) is 0 Å². The highest BCUT2D eigenvalue weighted by Gasteiger charge is 2.22. The van der Waals surface area contributed by atoms with Crippen LogP contribution in [0.25, 0.3) is 0 Å². The Kier molecular flexibility index (Phi) is 7.94. The molecular formula is C14H23Cl2N3O. The van der Waals surface area contributed by atoms with Crippen molar-refractivity contribution in [3.05, 3.63) is 29.3 Å². The van der Waals surface area contributed by atoms with Crippen LogP contribution in [0.1, 0.15) is 22.8 Å². The van der Waals surface area contributed by atoms with E-state index in [4.69, 9.17) is 5.73 Å². The molecule has 2 N–H and O–H groups in total. The Hall–Kier alpha value is -0.970. The summed E-state index contributed by atoms with van der Waals surface area (Å²) in [6.45, 7) is 8.70. The van der Waals surface area contributed by atoms with Crippen molar-refractivity contribution in [1.29, 1.82) is 0 Å². The van der Waals surface area contributed by atoms with E-state index in [0.29, 0.717) is 5.69 Å². The lowest BCUT2D eigenvalue weighted by atomic mass is 10.1. The van der Waals surface area contributed by atoms with Gasteiger partial charge in [-0.2, -0.15) is 0 Å². The summed E-state index contributed by atoms with van der Waals surface area (Å²) in [5, 5.41) is 0. The van der Waals surface area contributed by atoms with Crippen molar-refractivity contribution >= 4 is 36.4 Å². The summed E-state index contributed by atoms with van der Waals surface area (Å²) >= 11 is 0. The number of carbonyl (C=O) groups excluding carboxylic acids is 1. The Morgan fingerprint density at radius 2 is 1.80 bits per heavy atom. The van der Waals surface area contributed by atoms with E-state index >= 15 is 0 Å². The second-order valence-electron chi connectivity index (χ2n) is 4.80. The third-order valence-corrected chi connectivity index (χ3v) is 3.60. The molecule has 2 rings (SSSR count). The molecule has 1 saturated heterocycles. The standard InChI is InChI=1S/C14H21N3O.2ClH/c1-3-16-6-8-17(9-7-16)14(18)13-10-12(15)5-4-11(13)2;;/h4-5,10H,3,6-9,15H2,1-2H3;2*1H. The number of rotatable bonds is 2. The number of aryl methyl sites for hydroxylation is 1. The molecule has 1 aliphatic heterocycles. The normalized spacial score (nSPS) is 15.2. The van der Waals surface area contributed by atoms with Crippen LogP contribution in [0.3, 0.4) is 0 Å². The average molecular weight is 320 g/mol. The van der Waals surface area contributed by atoms with Gasteiger partial charge in [0.1, 0.15) is 0 Å². The highest BCUT2D eigenvalue weighted by Crippen LogP contribution is 2.16. The van der Waals surface area contributed by atoms with Gasteiger partial charge in [0.2, 0.25) is 0 Å². The Balaban J connectivity index is 0.00000180. The fourth-order valence-electron chi connectivity index (χ4n) is 2.31. The van der Waals surface area contributed by atoms with E-state index in [1.807, 2.05) is 24.0 Å². The molecule has 0 aromatic heterocycles. The van der Waals surface area contributed by atoms with E-state index in [0.717, 1.165) is 43.9 Å². The number of hydrogen-bond donors (Lipinski definition) is 1. The minimum absolute atomic E-state index is 0. The van der Waals surface area contributed by atoms with Gasteiger partial charge in [-0.15, -0.1) is 24.8 Å². The number of likely N-dealkylation sites (N-methyl/N-ethyl adjacent to an activating group) is 1. The molecule has 1 aromatic carbocycles. The molecule has 0 radical (unpaired) electrons. The minimum atomic E-state index is 0. The highest BCUT2D eigenvalue weighted by atomic mass is 35.5. The lowest BCUT2D eigenvalue weighted by Gasteiger charge is -2.34. The molecule has 1 fully saturated rings. The summed E-state index contributed by atoms with van der Waals surface area (Å²) in [5.41, 5.74) is 8.14. The predicted octanol–water partition coefficient (Wildman–Crippen LogP) is 2.20. The lowest BCUT2D eigenvalue weighted by Crippen LogP contribution is -2.48. The first-order valence-electron chi connectivity index (χ1n) is 6.49. The first kappa shape index (κ1) is 19.0. The van der Waals surface area contributed by atoms with Crippen LogP contribution >= 0.6 is 24.8 Å². The molecule has 0 atom stereocenters. The summed E-state index contributed by atoms with van der Waals surface area (Å²) in [5.74, 6) is 0.107. The Morgan fingerprint density at radius 1 is 1.20 bits per heavy atom. The smallest absolute Gasteiger partial charge is 0.254 e. The Bertz CT molecular complexity index is 446. The second-order valence-corrected chi connectivity index (χ2v) is 4.80. The summed E-state index contributed by atoms with van der Waals surface area (Å²) in [4.78, 5) is 16.7. The van der Waals surface area contributed by atoms with Crippen LogP contribution in [0, 0.1) is 6.92 Å². The van der Waals surface area contributed by atoms with Crippen molar-refractivity contribution < 1.29 is 4.79 Å². The molecule has 0 saturated carbocycles. The molecule has 1 heterocycles.